The minimum absolute atomic E-state index is 0.270. The Hall–Kier alpha value is -3.04. The van der Waals surface area contributed by atoms with Gasteiger partial charge in [-0.1, -0.05) is 35.1 Å². The van der Waals surface area contributed by atoms with E-state index in [1.165, 1.54) is 17.5 Å². The number of nitrogens with zero attached hydrogens (tertiary/aromatic N) is 5. The molecule has 0 aliphatic rings. The Balaban J connectivity index is 1.51. The molecule has 0 saturated heterocycles. The van der Waals surface area contributed by atoms with Crippen molar-refractivity contribution >= 4 is 51.1 Å². The van der Waals surface area contributed by atoms with Gasteiger partial charge in [-0.2, -0.15) is 0 Å². The van der Waals surface area contributed by atoms with Gasteiger partial charge in [0.15, 0.2) is 10.8 Å². The molecule has 0 aliphatic carbocycles. The number of carbonyl (C=O) groups is 1. The van der Waals surface area contributed by atoms with Gasteiger partial charge in [0.1, 0.15) is 22.8 Å². The number of benzene rings is 1. The van der Waals surface area contributed by atoms with E-state index in [0.29, 0.717) is 32.2 Å². The number of rotatable bonds is 4. The van der Waals surface area contributed by atoms with Crippen LogP contribution in [0.3, 0.4) is 0 Å². The molecule has 1 aromatic carbocycles. The van der Waals surface area contributed by atoms with Gasteiger partial charge < -0.3 is 10.6 Å². The summed E-state index contributed by atoms with van der Waals surface area (Å²) in [5, 5.41) is 15.0. The summed E-state index contributed by atoms with van der Waals surface area (Å²) in [5.74, 6) is 1.05. The van der Waals surface area contributed by atoms with Crippen LogP contribution in [-0.2, 0) is 0 Å². The molecule has 0 saturated carbocycles. The number of nitrogens with one attached hydrogen (secondary N) is 2. The van der Waals surface area contributed by atoms with Gasteiger partial charge in [0.25, 0.3) is 5.91 Å². The highest BCUT2D eigenvalue weighted by atomic mass is 35.5. The van der Waals surface area contributed by atoms with Gasteiger partial charge in [-0.15, -0.1) is 10.2 Å². The van der Waals surface area contributed by atoms with Gasteiger partial charge in [0.05, 0.1) is 16.9 Å². The van der Waals surface area contributed by atoms with Crippen LogP contribution in [-0.4, -0.2) is 30.5 Å². The third-order valence-electron chi connectivity index (χ3n) is 3.90. The van der Waals surface area contributed by atoms with E-state index in [1.807, 2.05) is 26.0 Å². The molecule has 0 unspecified atom stereocenters. The molecule has 136 valence electrons. The first kappa shape index (κ1) is 17.4. The highest BCUT2D eigenvalue weighted by molar-refractivity contribution is 7.17. The number of aromatic nitrogens is 5. The Kier molecular flexibility index (Phi) is 4.46. The van der Waals surface area contributed by atoms with E-state index in [4.69, 9.17) is 11.6 Å². The second-order valence-corrected chi connectivity index (χ2v) is 7.23. The molecule has 0 bridgehead atoms. The predicted molar refractivity (Wildman–Crippen MR) is 105 cm³/mol. The lowest BCUT2D eigenvalue weighted by Gasteiger charge is -2.08. The van der Waals surface area contributed by atoms with Crippen LogP contribution in [0.25, 0.3) is 5.65 Å². The molecular weight excluding hydrogens is 386 g/mol. The van der Waals surface area contributed by atoms with Crippen LogP contribution in [0.5, 0.6) is 0 Å². The molecule has 1 amide bonds. The van der Waals surface area contributed by atoms with Crippen molar-refractivity contribution in [3.8, 4) is 0 Å². The number of carbonyl (C=O) groups excluding carboxylic acids is 1. The predicted octanol–water partition coefficient (Wildman–Crippen LogP) is 3.85. The Morgan fingerprint density at radius 2 is 2.07 bits per heavy atom. The van der Waals surface area contributed by atoms with Gasteiger partial charge in [-0.3, -0.25) is 9.20 Å². The van der Waals surface area contributed by atoms with Crippen molar-refractivity contribution in [2.75, 3.05) is 10.6 Å². The van der Waals surface area contributed by atoms with E-state index in [1.54, 1.807) is 22.9 Å². The van der Waals surface area contributed by atoms with Crippen LogP contribution in [0.1, 0.15) is 21.1 Å². The topological polar surface area (TPSA) is 97.1 Å². The lowest BCUT2D eigenvalue weighted by Crippen LogP contribution is -2.11. The summed E-state index contributed by atoms with van der Waals surface area (Å²) in [6.45, 7) is 3.73. The number of thiazole rings is 1. The molecule has 0 spiro atoms. The summed E-state index contributed by atoms with van der Waals surface area (Å²) >= 11 is 7.38. The van der Waals surface area contributed by atoms with Crippen LogP contribution in [0.4, 0.5) is 16.6 Å². The van der Waals surface area contributed by atoms with Crippen LogP contribution in [0.2, 0.25) is 5.02 Å². The summed E-state index contributed by atoms with van der Waals surface area (Å²) in [7, 11) is 0. The maximum atomic E-state index is 12.5. The van der Waals surface area contributed by atoms with Crippen molar-refractivity contribution in [3.63, 3.8) is 0 Å². The molecule has 27 heavy (non-hydrogen) atoms. The third kappa shape index (κ3) is 3.46. The lowest BCUT2D eigenvalue weighted by molar-refractivity contribution is 0.103. The average Bonchev–Trinajstić information content (AvgIpc) is 3.25. The lowest BCUT2D eigenvalue weighted by atomic mass is 10.2. The van der Waals surface area contributed by atoms with Gasteiger partial charge in [-0.05, 0) is 25.5 Å². The third-order valence-corrected chi connectivity index (χ3v) is 5.12. The highest BCUT2D eigenvalue weighted by Crippen LogP contribution is 2.27. The molecule has 3 heterocycles. The number of hydrogen-bond donors (Lipinski definition) is 2. The molecule has 0 aliphatic heterocycles. The number of aryl methyl sites for hydroxylation is 2. The largest absolute Gasteiger partial charge is 0.320 e. The second kappa shape index (κ2) is 6.93. The van der Waals surface area contributed by atoms with E-state index < -0.39 is 0 Å². The monoisotopic (exact) mass is 399 g/mol. The van der Waals surface area contributed by atoms with E-state index in [0.717, 1.165) is 11.4 Å². The number of para-hydroxylation sites is 1. The van der Waals surface area contributed by atoms with Crippen LogP contribution in [0.15, 0.2) is 36.8 Å². The first-order chi connectivity index (χ1) is 13.0. The summed E-state index contributed by atoms with van der Waals surface area (Å²) < 4.78 is 1.78. The Bertz CT molecular complexity index is 1130. The molecule has 3 aromatic heterocycles. The minimum Gasteiger partial charge on any atom is -0.320 e. The summed E-state index contributed by atoms with van der Waals surface area (Å²) in [6, 6.07) is 7.21. The first-order valence-corrected chi connectivity index (χ1v) is 9.17. The number of halogens is 1. The maximum Gasteiger partial charge on any atom is 0.267 e. The molecular formula is C17H14ClN7OS. The Morgan fingerprint density at radius 3 is 2.89 bits per heavy atom. The standard InChI is InChI=1S/C17H14ClN7OS/c1-9-4-3-5-11(18)15(9)22-16(26)12-7-19-17(27-12)21-13-6-14-24-23-10(2)25(14)8-20-13/h3-8H,1-2H3,(H,19,21)(H,22,26). The van der Waals surface area contributed by atoms with Crippen LogP contribution < -0.4 is 10.6 Å². The van der Waals surface area contributed by atoms with Crippen LogP contribution in [0, 0.1) is 13.8 Å². The molecule has 10 heteroatoms. The van der Waals surface area contributed by atoms with E-state index in [2.05, 4.69) is 30.8 Å². The van der Waals surface area contributed by atoms with Crippen molar-refractivity contribution in [2.24, 2.45) is 0 Å². The van der Waals surface area contributed by atoms with Gasteiger partial charge >= 0.3 is 0 Å². The number of hydrogen-bond acceptors (Lipinski definition) is 7. The van der Waals surface area contributed by atoms with Gasteiger partial charge in [-0.25, -0.2) is 9.97 Å². The van der Waals surface area contributed by atoms with Crippen molar-refractivity contribution in [1.82, 2.24) is 24.6 Å². The highest BCUT2D eigenvalue weighted by Gasteiger charge is 2.14. The Labute approximate surface area is 163 Å². The smallest absolute Gasteiger partial charge is 0.267 e. The molecule has 4 rings (SSSR count). The van der Waals surface area contributed by atoms with Gasteiger partial charge in [0, 0.05) is 6.07 Å². The summed E-state index contributed by atoms with van der Waals surface area (Å²) in [4.78, 5) is 21.5. The van der Waals surface area contributed by atoms with Crippen LogP contribution >= 0.6 is 22.9 Å². The maximum absolute atomic E-state index is 12.5. The first-order valence-electron chi connectivity index (χ1n) is 7.98. The minimum atomic E-state index is -0.270. The number of anilines is 3. The van der Waals surface area contributed by atoms with Crippen molar-refractivity contribution in [1.29, 1.82) is 0 Å². The summed E-state index contributed by atoms with van der Waals surface area (Å²) in [5.41, 5.74) is 2.16. The quantitative estimate of drug-likeness (QED) is 0.541. The van der Waals surface area contributed by atoms with E-state index in [-0.39, 0.29) is 5.91 Å². The molecule has 0 atom stereocenters. The van der Waals surface area contributed by atoms with E-state index >= 15 is 0 Å². The fourth-order valence-electron chi connectivity index (χ4n) is 2.49. The van der Waals surface area contributed by atoms with E-state index in [9.17, 15) is 4.79 Å². The van der Waals surface area contributed by atoms with Crippen molar-refractivity contribution in [2.45, 2.75) is 13.8 Å². The SMILES string of the molecule is Cc1cccc(Cl)c1NC(=O)c1cnc(Nc2cc3nnc(C)n3cn2)s1. The molecule has 0 fully saturated rings. The summed E-state index contributed by atoms with van der Waals surface area (Å²) in [6.07, 6.45) is 3.14. The van der Waals surface area contributed by atoms with Gasteiger partial charge in [0.2, 0.25) is 0 Å². The molecule has 2 N–H and O–H groups in total. The zero-order valence-electron chi connectivity index (χ0n) is 14.4. The number of fused-ring (bicyclic) bond motifs is 1. The molecule has 4 aromatic rings. The van der Waals surface area contributed by atoms with Crippen molar-refractivity contribution < 1.29 is 4.79 Å². The zero-order valence-corrected chi connectivity index (χ0v) is 16.0. The fraction of sp³-hybridized carbons (Fsp3) is 0.118. The second-order valence-electron chi connectivity index (χ2n) is 5.79. The number of amides is 1. The fourth-order valence-corrected chi connectivity index (χ4v) is 3.47. The van der Waals surface area contributed by atoms with Crippen molar-refractivity contribution in [3.05, 3.63) is 58.1 Å². The average molecular weight is 400 g/mol. The molecule has 8 nitrogen and oxygen atoms in total. The zero-order chi connectivity index (χ0) is 19.0. The normalized spacial score (nSPS) is 10.9. The Morgan fingerprint density at radius 1 is 1.22 bits per heavy atom. The molecule has 0 radical (unpaired) electrons.